The number of benzene rings is 1. The number of hydrogen-bond acceptors (Lipinski definition) is 5. The zero-order valence-corrected chi connectivity index (χ0v) is 12.1. The highest BCUT2D eigenvalue weighted by Crippen LogP contribution is 2.38. The molecule has 1 aliphatic rings. The Morgan fingerprint density at radius 3 is 2.95 bits per heavy atom. The van der Waals surface area contributed by atoms with E-state index in [0.29, 0.717) is 23.1 Å². The monoisotopic (exact) mass is 291 g/mol. The molecule has 0 radical (unpaired) electrons. The van der Waals surface area contributed by atoms with E-state index in [1.54, 1.807) is 19.2 Å². The van der Waals surface area contributed by atoms with E-state index in [0.717, 1.165) is 18.7 Å². The Balaban J connectivity index is 1.63. The van der Waals surface area contributed by atoms with Gasteiger partial charge in [0.05, 0.1) is 0 Å². The number of ether oxygens (including phenoxy) is 1. The smallest absolute Gasteiger partial charge is 0.264 e. The molecule has 0 aliphatic heterocycles. The summed E-state index contributed by atoms with van der Waals surface area (Å²) in [5.74, 6) is 1.77. The standard InChI is InChI=1S/C15H18FN3O2/c1-9(17-2)12-6-5-11(7-13(12)16)20-8-14-18-15(19-21-14)10-3-4-10/h5-7,9-10,17H,3-4,8H2,1-2H3. The van der Waals surface area contributed by atoms with Crippen molar-refractivity contribution in [1.82, 2.24) is 15.5 Å². The van der Waals surface area contributed by atoms with Crippen LogP contribution < -0.4 is 10.1 Å². The summed E-state index contributed by atoms with van der Waals surface area (Å²) >= 11 is 0. The quantitative estimate of drug-likeness (QED) is 0.886. The average Bonchev–Trinajstić information content (AvgIpc) is 3.23. The predicted molar refractivity (Wildman–Crippen MR) is 74.5 cm³/mol. The van der Waals surface area contributed by atoms with Gasteiger partial charge >= 0.3 is 0 Å². The number of nitrogens with one attached hydrogen (secondary N) is 1. The molecule has 1 heterocycles. The van der Waals surface area contributed by atoms with Crippen molar-refractivity contribution < 1.29 is 13.7 Å². The molecule has 2 aromatic rings. The SMILES string of the molecule is CNC(C)c1ccc(OCc2nc(C3CC3)no2)cc1F. The van der Waals surface area contributed by atoms with Gasteiger partial charge in [-0.3, -0.25) is 0 Å². The fraction of sp³-hybridized carbons (Fsp3) is 0.467. The molecular formula is C15H18FN3O2. The van der Waals surface area contributed by atoms with E-state index in [2.05, 4.69) is 15.5 Å². The van der Waals surface area contributed by atoms with Gasteiger partial charge in [0.2, 0.25) is 0 Å². The van der Waals surface area contributed by atoms with Crippen LogP contribution in [0.3, 0.4) is 0 Å². The minimum absolute atomic E-state index is 0.0453. The Kier molecular flexibility index (Phi) is 3.88. The molecule has 112 valence electrons. The molecule has 0 saturated heterocycles. The van der Waals surface area contributed by atoms with Gasteiger partial charge in [-0.25, -0.2) is 4.39 Å². The minimum atomic E-state index is -0.293. The van der Waals surface area contributed by atoms with E-state index in [1.165, 1.54) is 6.07 Å². The normalized spacial score (nSPS) is 16.0. The van der Waals surface area contributed by atoms with Gasteiger partial charge in [0.15, 0.2) is 12.4 Å². The Morgan fingerprint density at radius 1 is 1.48 bits per heavy atom. The second-order valence-electron chi connectivity index (χ2n) is 5.30. The molecule has 1 unspecified atom stereocenters. The summed E-state index contributed by atoms with van der Waals surface area (Å²) in [5, 5.41) is 6.91. The van der Waals surface area contributed by atoms with Crippen molar-refractivity contribution in [2.75, 3.05) is 7.05 Å². The van der Waals surface area contributed by atoms with Crippen molar-refractivity contribution in [3.63, 3.8) is 0 Å². The van der Waals surface area contributed by atoms with Crippen LogP contribution in [0.25, 0.3) is 0 Å². The topological polar surface area (TPSA) is 60.2 Å². The fourth-order valence-electron chi connectivity index (χ4n) is 2.08. The fourth-order valence-corrected chi connectivity index (χ4v) is 2.08. The molecule has 5 nitrogen and oxygen atoms in total. The Bertz CT molecular complexity index is 625. The van der Waals surface area contributed by atoms with Crippen LogP contribution in [0, 0.1) is 5.82 Å². The molecule has 6 heteroatoms. The molecule has 1 aromatic carbocycles. The first-order valence-corrected chi connectivity index (χ1v) is 7.09. The van der Waals surface area contributed by atoms with Crippen molar-refractivity contribution in [3.05, 3.63) is 41.3 Å². The Labute approximate surface area is 122 Å². The maximum absolute atomic E-state index is 14.0. The summed E-state index contributed by atoms with van der Waals surface area (Å²) < 4.78 is 24.6. The van der Waals surface area contributed by atoms with Gasteiger partial charge in [0.1, 0.15) is 11.6 Å². The summed E-state index contributed by atoms with van der Waals surface area (Å²) in [6.07, 6.45) is 2.24. The van der Waals surface area contributed by atoms with Crippen LogP contribution in [-0.2, 0) is 6.61 Å². The van der Waals surface area contributed by atoms with Crippen LogP contribution in [0.1, 0.15) is 49.0 Å². The van der Waals surface area contributed by atoms with E-state index in [1.807, 2.05) is 6.92 Å². The van der Waals surface area contributed by atoms with Gasteiger partial charge in [-0.05, 0) is 32.9 Å². The highest BCUT2D eigenvalue weighted by molar-refractivity contribution is 5.30. The van der Waals surface area contributed by atoms with Gasteiger partial charge in [-0.1, -0.05) is 11.2 Å². The molecule has 1 aromatic heterocycles. The first-order valence-electron chi connectivity index (χ1n) is 7.09. The second kappa shape index (κ2) is 5.81. The molecule has 1 saturated carbocycles. The van der Waals surface area contributed by atoms with Gasteiger partial charge in [0, 0.05) is 23.6 Å². The van der Waals surface area contributed by atoms with Crippen molar-refractivity contribution in [2.24, 2.45) is 0 Å². The van der Waals surface area contributed by atoms with E-state index in [9.17, 15) is 4.39 Å². The molecule has 0 bridgehead atoms. The van der Waals surface area contributed by atoms with Crippen molar-refractivity contribution in [2.45, 2.75) is 38.3 Å². The molecule has 1 aliphatic carbocycles. The molecule has 1 N–H and O–H groups in total. The third-order valence-electron chi connectivity index (χ3n) is 3.66. The molecule has 1 fully saturated rings. The van der Waals surface area contributed by atoms with Crippen LogP contribution in [0.15, 0.2) is 22.7 Å². The van der Waals surface area contributed by atoms with Crippen molar-refractivity contribution in [3.8, 4) is 5.75 Å². The number of rotatable bonds is 6. The summed E-state index contributed by atoms with van der Waals surface area (Å²) in [6.45, 7) is 2.05. The number of aromatic nitrogens is 2. The first-order chi connectivity index (χ1) is 10.2. The molecule has 3 rings (SSSR count). The highest BCUT2D eigenvalue weighted by Gasteiger charge is 2.28. The minimum Gasteiger partial charge on any atom is -0.484 e. The van der Waals surface area contributed by atoms with E-state index >= 15 is 0 Å². The van der Waals surface area contributed by atoms with Crippen molar-refractivity contribution in [1.29, 1.82) is 0 Å². The third-order valence-corrected chi connectivity index (χ3v) is 3.66. The molecule has 21 heavy (non-hydrogen) atoms. The highest BCUT2D eigenvalue weighted by atomic mass is 19.1. The van der Waals surface area contributed by atoms with E-state index in [4.69, 9.17) is 9.26 Å². The lowest BCUT2D eigenvalue weighted by atomic mass is 10.1. The van der Waals surface area contributed by atoms with E-state index in [-0.39, 0.29) is 18.5 Å². The second-order valence-corrected chi connectivity index (χ2v) is 5.30. The molecule has 0 spiro atoms. The Morgan fingerprint density at radius 2 is 2.29 bits per heavy atom. The zero-order valence-electron chi connectivity index (χ0n) is 12.1. The van der Waals surface area contributed by atoms with Gasteiger partial charge in [-0.2, -0.15) is 4.98 Å². The summed E-state index contributed by atoms with van der Waals surface area (Å²) in [4.78, 5) is 4.26. The lowest BCUT2D eigenvalue weighted by molar-refractivity contribution is 0.241. The maximum Gasteiger partial charge on any atom is 0.264 e. The van der Waals surface area contributed by atoms with Crippen molar-refractivity contribution >= 4 is 0 Å². The van der Waals surface area contributed by atoms with Crippen LogP contribution >= 0.6 is 0 Å². The summed E-state index contributed by atoms with van der Waals surface area (Å²) in [6, 6.07) is 4.79. The summed E-state index contributed by atoms with van der Waals surface area (Å²) in [5.41, 5.74) is 0.610. The van der Waals surface area contributed by atoms with Crippen LogP contribution in [-0.4, -0.2) is 17.2 Å². The lowest BCUT2D eigenvalue weighted by Crippen LogP contribution is -2.13. The van der Waals surface area contributed by atoms with Crippen LogP contribution in [0.2, 0.25) is 0 Å². The zero-order chi connectivity index (χ0) is 14.8. The molecular weight excluding hydrogens is 273 g/mol. The van der Waals surface area contributed by atoms with Gasteiger partial charge < -0.3 is 14.6 Å². The van der Waals surface area contributed by atoms with Crippen LogP contribution in [0.4, 0.5) is 4.39 Å². The first kappa shape index (κ1) is 14.0. The molecule has 0 amide bonds. The predicted octanol–water partition coefficient (Wildman–Crippen LogP) is 2.95. The van der Waals surface area contributed by atoms with E-state index < -0.39 is 0 Å². The van der Waals surface area contributed by atoms with Gasteiger partial charge in [-0.15, -0.1) is 0 Å². The average molecular weight is 291 g/mol. The number of halogens is 1. The maximum atomic E-state index is 14.0. The third kappa shape index (κ3) is 3.21. The van der Waals surface area contributed by atoms with Crippen LogP contribution in [0.5, 0.6) is 5.75 Å². The lowest BCUT2D eigenvalue weighted by Gasteiger charge is -2.12. The number of nitrogens with zero attached hydrogens (tertiary/aromatic N) is 2. The summed E-state index contributed by atoms with van der Waals surface area (Å²) in [7, 11) is 1.79. The largest absolute Gasteiger partial charge is 0.484 e. The van der Waals surface area contributed by atoms with Gasteiger partial charge in [0.25, 0.3) is 5.89 Å². The molecule has 1 atom stereocenters. The number of hydrogen-bond donors (Lipinski definition) is 1. The Hall–Kier alpha value is -1.95.